The number of hydrogen-bond acceptors (Lipinski definition) is 4. The molecule has 110 valence electrons. The second-order valence-corrected chi connectivity index (χ2v) is 6.59. The predicted octanol–water partition coefficient (Wildman–Crippen LogP) is 0.763. The highest BCUT2D eigenvalue weighted by Crippen LogP contribution is 2.19. The number of rotatable bonds is 5. The second-order valence-electron chi connectivity index (χ2n) is 4.87. The van der Waals surface area contributed by atoms with Crippen molar-refractivity contribution in [1.82, 2.24) is 4.72 Å². The molecule has 7 heteroatoms. The van der Waals surface area contributed by atoms with Gasteiger partial charge in [-0.25, -0.2) is 8.42 Å². The predicted molar refractivity (Wildman–Crippen MR) is 71.9 cm³/mol. The maximum atomic E-state index is 12.2. The van der Waals surface area contributed by atoms with E-state index in [1.807, 2.05) is 6.92 Å². The molecule has 2 N–H and O–H groups in total. The Hall–Kier alpha value is -1.44. The summed E-state index contributed by atoms with van der Waals surface area (Å²) in [6.45, 7) is 2.56. The minimum atomic E-state index is -3.85. The summed E-state index contributed by atoms with van der Waals surface area (Å²) < 4.78 is 31.8. The maximum Gasteiger partial charge on any atom is 0.322 e. The van der Waals surface area contributed by atoms with Gasteiger partial charge in [0.05, 0.1) is 11.5 Å². The number of carboxylic acid groups (broad SMARTS) is 1. The Bertz CT molecular complexity index is 575. The maximum absolute atomic E-state index is 12.2. The van der Waals surface area contributed by atoms with Gasteiger partial charge in [-0.15, -0.1) is 0 Å². The first kappa shape index (κ1) is 15.0. The van der Waals surface area contributed by atoms with E-state index < -0.39 is 22.0 Å². The van der Waals surface area contributed by atoms with E-state index in [-0.39, 0.29) is 17.4 Å². The summed E-state index contributed by atoms with van der Waals surface area (Å²) in [5.74, 6) is -1.52. The van der Waals surface area contributed by atoms with Crippen molar-refractivity contribution in [3.8, 4) is 0 Å². The van der Waals surface area contributed by atoms with E-state index in [2.05, 4.69) is 4.72 Å². The van der Waals surface area contributed by atoms with Crippen LogP contribution >= 0.6 is 0 Å². The molecule has 1 aromatic carbocycles. The van der Waals surface area contributed by atoms with Gasteiger partial charge in [0.1, 0.15) is 6.04 Å². The first-order valence-electron chi connectivity index (χ1n) is 6.30. The number of aliphatic carboxylic acids is 1. The van der Waals surface area contributed by atoms with E-state index >= 15 is 0 Å². The molecule has 2 rings (SSSR count). The molecule has 2 atom stereocenters. The third-order valence-electron chi connectivity index (χ3n) is 3.32. The van der Waals surface area contributed by atoms with Gasteiger partial charge in [0.15, 0.2) is 0 Å². The average molecular weight is 299 g/mol. The Balaban J connectivity index is 2.20. The summed E-state index contributed by atoms with van der Waals surface area (Å²) in [4.78, 5) is 11.3. The van der Waals surface area contributed by atoms with Gasteiger partial charge in [0.2, 0.25) is 10.0 Å². The van der Waals surface area contributed by atoms with Crippen LogP contribution in [0.4, 0.5) is 0 Å². The van der Waals surface area contributed by atoms with Crippen LogP contribution in [0.2, 0.25) is 0 Å². The molecule has 6 nitrogen and oxygen atoms in total. The van der Waals surface area contributed by atoms with Crippen LogP contribution in [-0.4, -0.2) is 38.7 Å². The zero-order valence-corrected chi connectivity index (χ0v) is 11.9. The Morgan fingerprint density at radius 3 is 2.55 bits per heavy atom. The van der Waals surface area contributed by atoms with Crippen LogP contribution in [0.1, 0.15) is 12.0 Å². The molecule has 20 heavy (non-hydrogen) atoms. The zero-order valence-electron chi connectivity index (χ0n) is 11.1. The van der Waals surface area contributed by atoms with E-state index in [9.17, 15) is 18.3 Å². The number of nitrogens with one attached hydrogen (secondary N) is 1. The third-order valence-corrected chi connectivity index (χ3v) is 4.77. The average Bonchev–Trinajstić information content (AvgIpc) is 2.90. The number of ether oxygens (including phenoxy) is 1. The molecule has 0 amide bonds. The lowest BCUT2D eigenvalue weighted by molar-refractivity contribution is -0.140. The van der Waals surface area contributed by atoms with Crippen molar-refractivity contribution >= 4 is 16.0 Å². The van der Waals surface area contributed by atoms with Crippen molar-refractivity contribution in [2.24, 2.45) is 5.92 Å². The van der Waals surface area contributed by atoms with Gasteiger partial charge in [-0.3, -0.25) is 4.79 Å². The molecular formula is C13H17NO5S. The second kappa shape index (κ2) is 5.90. The fourth-order valence-electron chi connectivity index (χ4n) is 2.12. The molecule has 0 bridgehead atoms. The minimum Gasteiger partial charge on any atom is -0.480 e. The molecule has 0 saturated carbocycles. The largest absolute Gasteiger partial charge is 0.480 e. The Kier molecular flexibility index (Phi) is 4.42. The van der Waals surface area contributed by atoms with Gasteiger partial charge < -0.3 is 9.84 Å². The van der Waals surface area contributed by atoms with Crippen molar-refractivity contribution in [2.45, 2.75) is 24.3 Å². The summed E-state index contributed by atoms with van der Waals surface area (Å²) in [5.41, 5.74) is 0.933. The molecule has 0 spiro atoms. The number of sulfonamides is 1. The Morgan fingerprint density at radius 1 is 1.40 bits per heavy atom. The van der Waals surface area contributed by atoms with Crippen LogP contribution in [0.5, 0.6) is 0 Å². The molecule has 1 aliphatic rings. The van der Waals surface area contributed by atoms with E-state index in [0.717, 1.165) is 5.56 Å². The standard InChI is InChI=1S/C13H17NO5S/c1-9-2-4-11(5-3-9)20(17,18)14-12(13(15)16)10-6-7-19-8-10/h2-5,10,12,14H,6-8H2,1H3,(H,15,16)/t10-,12?/m1/s1. The van der Waals surface area contributed by atoms with Gasteiger partial charge in [-0.1, -0.05) is 17.7 Å². The van der Waals surface area contributed by atoms with Gasteiger partial charge in [0, 0.05) is 12.5 Å². The summed E-state index contributed by atoms with van der Waals surface area (Å²) in [7, 11) is -3.85. The lowest BCUT2D eigenvalue weighted by atomic mass is 10.0. The fourth-order valence-corrected chi connectivity index (χ4v) is 3.37. The minimum absolute atomic E-state index is 0.0632. The number of aryl methyl sites for hydroxylation is 1. The normalized spacial score (nSPS) is 20.8. The van der Waals surface area contributed by atoms with E-state index in [4.69, 9.17) is 4.74 Å². The van der Waals surface area contributed by atoms with E-state index in [0.29, 0.717) is 13.0 Å². The quantitative estimate of drug-likeness (QED) is 0.837. The van der Waals surface area contributed by atoms with Gasteiger partial charge in [0.25, 0.3) is 0 Å². The highest BCUT2D eigenvalue weighted by Gasteiger charge is 2.34. The molecular weight excluding hydrogens is 282 g/mol. The summed E-state index contributed by atoms with van der Waals surface area (Å²) in [6, 6.07) is 5.10. The molecule has 0 aromatic heterocycles. The van der Waals surface area contributed by atoms with Crippen molar-refractivity contribution in [3.05, 3.63) is 29.8 Å². The molecule has 0 radical (unpaired) electrons. The van der Waals surface area contributed by atoms with Crippen LogP contribution in [0.25, 0.3) is 0 Å². The molecule has 1 heterocycles. The monoisotopic (exact) mass is 299 g/mol. The Labute approximate surface area is 117 Å². The lowest BCUT2D eigenvalue weighted by Gasteiger charge is -2.19. The summed E-state index contributed by atoms with van der Waals surface area (Å²) in [5, 5.41) is 9.21. The molecule has 1 saturated heterocycles. The lowest BCUT2D eigenvalue weighted by Crippen LogP contribution is -2.46. The van der Waals surface area contributed by atoms with Crippen LogP contribution in [0.3, 0.4) is 0 Å². The third kappa shape index (κ3) is 3.36. The molecule has 1 aromatic rings. The smallest absolute Gasteiger partial charge is 0.322 e. The van der Waals surface area contributed by atoms with Crippen LogP contribution in [0.15, 0.2) is 29.2 Å². The van der Waals surface area contributed by atoms with E-state index in [1.54, 1.807) is 12.1 Å². The molecule has 1 fully saturated rings. The van der Waals surface area contributed by atoms with Crippen molar-refractivity contribution < 1.29 is 23.1 Å². The van der Waals surface area contributed by atoms with Gasteiger partial charge in [-0.05, 0) is 25.5 Å². The zero-order chi connectivity index (χ0) is 14.8. The van der Waals surface area contributed by atoms with Crippen molar-refractivity contribution in [1.29, 1.82) is 0 Å². The SMILES string of the molecule is Cc1ccc(S(=O)(=O)NC(C(=O)O)[C@@H]2CCOC2)cc1. The van der Waals surface area contributed by atoms with Gasteiger partial charge >= 0.3 is 5.97 Å². The summed E-state index contributed by atoms with van der Waals surface area (Å²) >= 11 is 0. The number of carboxylic acids is 1. The molecule has 0 aliphatic carbocycles. The van der Waals surface area contributed by atoms with Crippen molar-refractivity contribution in [3.63, 3.8) is 0 Å². The number of benzene rings is 1. The van der Waals surface area contributed by atoms with Crippen molar-refractivity contribution in [2.75, 3.05) is 13.2 Å². The van der Waals surface area contributed by atoms with E-state index in [1.165, 1.54) is 12.1 Å². The fraction of sp³-hybridized carbons (Fsp3) is 0.462. The number of hydrogen-bond donors (Lipinski definition) is 2. The van der Waals surface area contributed by atoms with Gasteiger partial charge in [-0.2, -0.15) is 4.72 Å². The summed E-state index contributed by atoms with van der Waals surface area (Å²) in [6.07, 6.45) is 0.535. The molecule has 1 unspecified atom stereocenters. The highest BCUT2D eigenvalue weighted by atomic mass is 32.2. The topological polar surface area (TPSA) is 92.7 Å². The Morgan fingerprint density at radius 2 is 2.05 bits per heavy atom. The van der Waals surface area contributed by atoms with Crippen LogP contribution in [0, 0.1) is 12.8 Å². The first-order chi connectivity index (χ1) is 9.40. The number of carbonyl (C=O) groups is 1. The van der Waals surface area contributed by atoms with Crippen LogP contribution < -0.4 is 4.72 Å². The van der Waals surface area contributed by atoms with Crippen LogP contribution in [-0.2, 0) is 19.6 Å². The highest BCUT2D eigenvalue weighted by molar-refractivity contribution is 7.89. The molecule has 1 aliphatic heterocycles. The first-order valence-corrected chi connectivity index (χ1v) is 7.78.